The van der Waals surface area contributed by atoms with Gasteiger partial charge in [0.05, 0.1) is 12.1 Å². The highest BCUT2D eigenvalue weighted by Gasteiger charge is 2.31. The molecule has 0 fully saturated rings. The van der Waals surface area contributed by atoms with Gasteiger partial charge in [0.25, 0.3) is 0 Å². The first-order valence-corrected chi connectivity index (χ1v) is 13.6. The summed E-state index contributed by atoms with van der Waals surface area (Å²) in [5, 5.41) is 18.7. The Balaban J connectivity index is 2.13. The summed E-state index contributed by atoms with van der Waals surface area (Å²) < 4.78 is 5.29. The largest absolute Gasteiger partial charge is 0.413 e. The minimum Gasteiger partial charge on any atom is -0.410 e. The van der Waals surface area contributed by atoms with E-state index in [0.29, 0.717) is 12.2 Å². The van der Waals surface area contributed by atoms with Crippen LogP contribution in [0.15, 0.2) is 60.7 Å². The molecule has 0 saturated heterocycles. The molecule has 208 valence electrons. The molecule has 4 N–H and O–H groups in total. The molecule has 8 heteroatoms. The lowest BCUT2D eigenvalue weighted by Crippen LogP contribution is -2.58. The van der Waals surface area contributed by atoms with Crippen molar-refractivity contribution in [3.63, 3.8) is 0 Å². The molecule has 0 aliphatic rings. The zero-order chi connectivity index (χ0) is 27.9. The third kappa shape index (κ3) is 10.9. The molecular weight excluding hydrogens is 482 g/mol. The number of hydrogen-bond donors (Lipinski definition) is 4. The highest BCUT2D eigenvalue weighted by atomic mass is 16.6. The first-order chi connectivity index (χ1) is 18.2. The van der Waals surface area contributed by atoms with Crippen LogP contribution >= 0.6 is 0 Å². The number of carbonyl (C=O) groups excluding carboxylic acids is 3. The van der Waals surface area contributed by atoms with E-state index >= 15 is 0 Å². The number of aliphatic hydroxyl groups excluding tert-OH is 1. The fourth-order valence-corrected chi connectivity index (χ4v) is 4.12. The van der Waals surface area contributed by atoms with Gasteiger partial charge in [-0.25, -0.2) is 4.79 Å². The topological polar surface area (TPSA) is 117 Å². The molecule has 0 radical (unpaired) electrons. The fraction of sp³-hybridized carbons (Fsp3) is 0.500. The maximum absolute atomic E-state index is 13.4. The van der Waals surface area contributed by atoms with Crippen LogP contribution < -0.4 is 20.7 Å². The van der Waals surface area contributed by atoms with Crippen molar-refractivity contribution in [2.75, 3.05) is 0 Å². The van der Waals surface area contributed by atoms with E-state index in [1.54, 1.807) is 51.1 Å². The van der Waals surface area contributed by atoms with Gasteiger partial charge in [0.2, 0.25) is 11.8 Å². The minimum absolute atomic E-state index is 0.262. The SMILES string of the molecule is CCCCCC[C@@H](NC(=O)C(Cc1ccccc1)NC(=O)C(NC(=O)Oc1ccccc1)C(C)C)[C@@H](C)O. The maximum atomic E-state index is 13.4. The number of carbonyl (C=O) groups is 3. The summed E-state index contributed by atoms with van der Waals surface area (Å²) in [7, 11) is 0. The van der Waals surface area contributed by atoms with Gasteiger partial charge in [0, 0.05) is 6.42 Å². The van der Waals surface area contributed by atoms with Gasteiger partial charge in [0.15, 0.2) is 0 Å². The summed E-state index contributed by atoms with van der Waals surface area (Å²) >= 11 is 0. The number of unbranched alkanes of at least 4 members (excludes halogenated alkanes) is 3. The molecule has 2 rings (SSSR count). The van der Waals surface area contributed by atoms with Crippen LogP contribution in [0.3, 0.4) is 0 Å². The average Bonchev–Trinajstić information content (AvgIpc) is 2.89. The Bertz CT molecular complexity index is 982. The van der Waals surface area contributed by atoms with Crippen LogP contribution in [0.5, 0.6) is 5.75 Å². The molecule has 38 heavy (non-hydrogen) atoms. The van der Waals surface area contributed by atoms with Crippen molar-refractivity contribution < 1.29 is 24.2 Å². The fourth-order valence-electron chi connectivity index (χ4n) is 4.12. The minimum atomic E-state index is -0.918. The first kappa shape index (κ1) is 30.8. The molecule has 0 saturated carbocycles. The Hall–Kier alpha value is -3.39. The number of rotatable bonds is 15. The molecule has 3 amide bonds. The van der Waals surface area contributed by atoms with Crippen molar-refractivity contribution in [2.24, 2.45) is 5.92 Å². The molecule has 2 unspecified atom stereocenters. The quantitative estimate of drug-likeness (QED) is 0.258. The number of aliphatic hydroxyl groups is 1. The lowest BCUT2D eigenvalue weighted by Gasteiger charge is -2.28. The number of nitrogens with one attached hydrogen (secondary N) is 3. The second-order valence-corrected chi connectivity index (χ2v) is 10.0. The van der Waals surface area contributed by atoms with Crippen molar-refractivity contribution in [2.45, 2.75) is 90.4 Å². The number of benzene rings is 2. The highest BCUT2D eigenvalue weighted by Crippen LogP contribution is 2.12. The van der Waals surface area contributed by atoms with Gasteiger partial charge in [-0.3, -0.25) is 9.59 Å². The van der Waals surface area contributed by atoms with Crippen molar-refractivity contribution in [3.05, 3.63) is 66.2 Å². The van der Waals surface area contributed by atoms with E-state index in [4.69, 9.17) is 4.74 Å². The predicted octanol–water partition coefficient (Wildman–Crippen LogP) is 4.36. The predicted molar refractivity (Wildman–Crippen MR) is 149 cm³/mol. The lowest BCUT2D eigenvalue weighted by molar-refractivity contribution is -0.131. The van der Waals surface area contributed by atoms with Crippen molar-refractivity contribution in [3.8, 4) is 5.75 Å². The van der Waals surface area contributed by atoms with E-state index in [1.165, 1.54) is 0 Å². The molecule has 8 nitrogen and oxygen atoms in total. The van der Waals surface area contributed by atoms with Crippen LogP contribution in [0.25, 0.3) is 0 Å². The standard InChI is InChI=1S/C30H43N3O5/c1-5-6-7-14-19-25(22(4)34)31-28(35)26(20-23-15-10-8-11-16-23)32-29(36)27(21(2)3)33-30(37)38-24-17-12-9-13-18-24/h8-13,15-18,21-22,25-27,34H,5-7,14,19-20H2,1-4H3,(H,31,35)(H,32,36)(H,33,37)/t22-,25-,26?,27?/m1/s1. The zero-order valence-corrected chi connectivity index (χ0v) is 23.0. The Kier molecular flexibility index (Phi) is 13.3. The molecular formula is C30H43N3O5. The smallest absolute Gasteiger partial charge is 0.410 e. The van der Waals surface area contributed by atoms with E-state index in [-0.39, 0.29) is 18.2 Å². The summed E-state index contributed by atoms with van der Waals surface area (Å²) in [5.41, 5.74) is 0.877. The van der Waals surface area contributed by atoms with E-state index in [2.05, 4.69) is 22.9 Å². The summed E-state index contributed by atoms with van der Waals surface area (Å²) in [4.78, 5) is 39.2. The van der Waals surface area contributed by atoms with Crippen molar-refractivity contribution in [1.29, 1.82) is 0 Å². The van der Waals surface area contributed by atoms with Crippen LogP contribution in [-0.2, 0) is 16.0 Å². The van der Waals surface area contributed by atoms with Gasteiger partial charge >= 0.3 is 6.09 Å². The molecule has 4 atom stereocenters. The second kappa shape index (κ2) is 16.5. The molecule has 0 aliphatic heterocycles. The summed E-state index contributed by atoms with van der Waals surface area (Å²) in [6.07, 6.45) is 3.55. The number of para-hydroxylation sites is 1. The molecule has 0 aromatic heterocycles. The Morgan fingerprint density at radius 1 is 0.816 bits per heavy atom. The van der Waals surface area contributed by atoms with Gasteiger partial charge in [-0.15, -0.1) is 0 Å². The zero-order valence-electron chi connectivity index (χ0n) is 23.0. The number of hydrogen-bond acceptors (Lipinski definition) is 5. The Labute approximate surface area is 226 Å². The molecule has 2 aromatic rings. The van der Waals surface area contributed by atoms with Gasteiger partial charge in [-0.05, 0) is 37.0 Å². The van der Waals surface area contributed by atoms with Crippen LogP contribution in [0.2, 0.25) is 0 Å². The normalized spacial score (nSPS) is 14.2. The Morgan fingerprint density at radius 3 is 2.03 bits per heavy atom. The van der Waals surface area contributed by atoms with E-state index in [1.807, 2.05) is 30.3 Å². The summed E-state index contributed by atoms with van der Waals surface area (Å²) in [6.45, 7) is 7.40. The van der Waals surface area contributed by atoms with Gasteiger partial charge in [-0.2, -0.15) is 0 Å². The lowest BCUT2D eigenvalue weighted by atomic mass is 9.99. The summed E-state index contributed by atoms with van der Waals surface area (Å²) in [6, 6.07) is 15.7. The molecule has 2 aromatic carbocycles. The highest BCUT2D eigenvalue weighted by molar-refractivity contribution is 5.92. The average molecular weight is 526 g/mol. The third-order valence-electron chi connectivity index (χ3n) is 6.37. The molecule has 0 aliphatic carbocycles. The van der Waals surface area contributed by atoms with Gasteiger partial charge < -0.3 is 25.8 Å². The van der Waals surface area contributed by atoms with Crippen LogP contribution in [0, 0.1) is 5.92 Å². The van der Waals surface area contributed by atoms with Crippen LogP contribution in [0.4, 0.5) is 4.79 Å². The van der Waals surface area contributed by atoms with Gasteiger partial charge in [0.1, 0.15) is 17.8 Å². The molecule has 0 spiro atoms. The van der Waals surface area contributed by atoms with Crippen molar-refractivity contribution in [1.82, 2.24) is 16.0 Å². The Morgan fingerprint density at radius 2 is 1.45 bits per heavy atom. The molecule has 0 bridgehead atoms. The van der Waals surface area contributed by atoms with Crippen molar-refractivity contribution >= 4 is 17.9 Å². The molecule has 0 heterocycles. The second-order valence-electron chi connectivity index (χ2n) is 10.0. The van der Waals surface area contributed by atoms with Crippen LogP contribution in [-0.4, -0.2) is 47.2 Å². The number of ether oxygens (including phenoxy) is 1. The van der Waals surface area contributed by atoms with E-state index in [9.17, 15) is 19.5 Å². The van der Waals surface area contributed by atoms with E-state index in [0.717, 1.165) is 31.2 Å². The van der Waals surface area contributed by atoms with E-state index < -0.39 is 36.2 Å². The maximum Gasteiger partial charge on any atom is 0.413 e. The first-order valence-electron chi connectivity index (χ1n) is 13.6. The van der Waals surface area contributed by atoms with Gasteiger partial charge in [-0.1, -0.05) is 95.0 Å². The monoisotopic (exact) mass is 525 g/mol. The summed E-state index contributed by atoms with van der Waals surface area (Å²) in [5.74, 6) is -0.768. The number of amides is 3. The van der Waals surface area contributed by atoms with Crippen LogP contribution in [0.1, 0.15) is 65.4 Å². The third-order valence-corrected chi connectivity index (χ3v) is 6.37.